The van der Waals surface area contributed by atoms with Gasteiger partial charge in [0.05, 0.1) is 22.4 Å². The number of nitrogens with zero attached hydrogens (tertiary/aromatic N) is 3. The van der Waals surface area contributed by atoms with E-state index in [0.29, 0.717) is 10.7 Å². The van der Waals surface area contributed by atoms with Crippen molar-refractivity contribution in [1.29, 1.82) is 0 Å². The molecule has 0 saturated carbocycles. The zero-order chi connectivity index (χ0) is 8.84. The Morgan fingerprint density at radius 1 is 1.15 bits per heavy atom. The number of aromatic amines is 1. The van der Waals surface area contributed by atoms with Crippen molar-refractivity contribution in [3.63, 3.8) is 0 Å². The van der Waals surface area contributed by atoms with E-state index in [-0.39, 0.29) is 0 Å². The Morgan fingerprint density at radius 2 is 1.92 bits per heavy atom. The van der Waals surface area contributed by atoms with Crippen LogP contribution in [0.15, 0.2) is 28.3 Å². The van der Waals surface area contributed by atoms with Gasteiger partial charge in [0, 0.05) is 5.39 Å². The molecule has 0 saturated heterocycles. The molecule has 2 aromatic rings. The molecule has 1 aromatic heterocycles. The van der Waals surface area contributed by atoms with Gasteiger partial charge in [-0.3, -0.25) is 5.10 Å². The molecule has 0 radical (unpaired) electrons. The summed E-state index contributed by atoms with van der Waals surface area (Å²) in [6.07, 6.45) is 1.69. The van der Waals surface area contributed by atoms with E-state index < -0.39 is 6.03 Å². The van der Waals surface area contributed by atoms with Gasteiger partial charge >= 0.3 is 6.03 Å². The van der Waals surface area contributed by atoms with Crippen LogP contribution in [0.2, 0.25) is 0 Å². The number of carbonyl (C=O) groups is 1. The standard InChI is InChI=1S/C8H4N4O/c13-8-10-6-1-4-3-9-12-5(4)2-7(6)11-8/h1-3,12H. The molecule has 1 aliphatic heterocycles. The maximum absolute atomic E-state index is 10.8. The molecule has 5 heteroatoms. The predicted octanol–water partition coefficient (Wildman–Crippen LogP) is -0.0643. The lowest BCUT2D eigenvalue weighted by Gasteiger charge is -1.83. The molecule has 1 aromatic carbocycles. The summed E-state index contributed by atoms with van der Waals surface area (Å²) in [6, 6.07) is 3.13. The highest BCUT2D eigenvalue weighted by Gasteiger charge is 2.06. The second-order valence-corrected chi connectivity index (χ2v) is 2.80. The number of hydrogen-bond acceptors (Lipinski definition) is 2. The summed E-state index contributed by atoms with van der Waals surface area (Å²) in [5.74, 6) is 0. The molecule has 0 unspecified atom stereocenters. The lowest BCUT2D eigenvalue weighted by Crippen LogP contribution is -2.20. The minimum Gasteiger partial charge on any atom is -0.278 e. The van der Waals surface area contributed by atoms with E-state index in [0.717, 1.165) is 10.9 Å². The summed E-state index contributed by atoms with van der Waals surface area (Å²) >= 11 is 0. The molecule has 1 aliphatic rings. The largest absolute Gasteiger partial charge is 0.368 e. The highest BCUT2D eigenvalue weighted by atomic mass is 16.2. The van der Waals surface area contributed by atoms with Crippen LogP contribution in [0, 0.1) is 0 Å². The van der Waals surface area contributed by atoms with Crippen molar-refractivity contribution in [2.45, 2.75) is 0 Å². The molecule has 0 aliphatic carbocycles. The average molecular weight is 172 g/mol. The molecule has 0 bridgehead atoms. The monoisotopic (exact) mass is 172 g/mol. The number of benzene rings is 1. The second kappa shape index (κ2) is 2.01. The van der Waals surface area contributed by atoms with E-state index in [2.05, 4.69) is 20.2 Å². The molecular weight excluding hydrogens is 168 g/mol. The Morgan fingerprint density at radius 3 is 2.77 bits per heavy atom. The fraction of sp³-hybridized carbons (Fsp3) is 0. The summed E-state index contributed by atoms with van der Waals surface area (Å²) in [5, 5.41) is 8.84. The van der Waals surface area contributed by atoms with Crippen molar-refractivity contribution in [1.82, 2.24) is 10.2 Å². The van der Waals surface area contributed by atoms with Gasteiger partial charge in [0.15, 0.2) is 0 Å². The number of fused-ring (bicyclic) bond motifs is 2. The first-order valence-electron chi connectivity index (χ1n) is 3.77. The van der Waals surface area contributed by atoms with Crippen molar-refractivity contribution < 1.29 is 4.79 Å². The first-order valence-corrected chi connectivity index (χ1v) is 3.77. The summed E-state index contributed by atoms with van der Waals surface area (Å²) in [6.45, 7) is 0. The van der Waals surface area contributed by atoms with Crippen LogP contribution in [0.25, 0.3) is 10.9 Å². The zero-order valence-electron chi connectivity index (χ0n) is 6.48. The third-order valence-electron chi connectivity index (χ3n) is 1.97. The van der Waals surface area contributed by atoms with Crippen LogP contribution in [0.4, 0.5) is 4.79 Å². The highest BCUT2D eigenvalue weighted by molar-refractivity contribution is 5.81. The van der Waals surface area contributed by atoms with Gasteiger partial charge in [-0.05, 0) is 12.1 Å². The van der Waals surface area contributed by atoms with Crippen molar-refractivity contribution in [3.8, 4) is 0 Å². The Hall–Kier alpha value is -2.04. The molecule has 1 N–H and O–H groups in total. The molecule has 0 atom stereocenters. The lowest BCUT2D eigenvalue weighted by atomic mass is 10.2. The third-order valence-corrected chi connectivity index (χ3v) is 1.97. The minimum atomic E-state index is -0.435. The fourth-order valence-corrected chi connectivity index (χ4v) is 1.38. The molecule has 0 spiro atoms. The molecule has 0 fully saturated rings. The Kier molecular flexibility index (Phi) is 0.999. The molecule has 13 heavy (non-hydrogen) atoms. The fourth-order valence-electron chi connectivity index (χ4n) is 1.38. The van der Waals surface area contributed by atoms with Gasteiger partial charge in [-0.2, -0.15) is 15.1 Å². The van der Waals surface area contributed by atoms with Gasteiger partial charge in [0.25, 0.3) is 0 Å². The van der Waals surface area contributed by atoms with Crippen LogP contribution < -0.4 is 10.7 Å². The number of aromatic nitrogens is 2. The van der Waals surface area contributed by atoms with Gasteiger partial charge in [-0.1, -0.05) is 0 Å². The first kappa shape index (κ1) is 6.47. The summed E-state index contributed by atoms with van der Waals surface area (Å²) in [4.78, 5) is 18.3. The topological polar surface area (TPSA) is 70.5 Å². The van der Waals surface area contributed by atoms with Crippen LogP contribution in [-0.4, -0.2) is 16.2 Å². The zero-order valence-corrected chi connectivity index (χ0v) is 6.48. The lowest BCUT2D eigenvalue weighted by molar-refractivity contribution is 0.256. The van der Waals surface area contributed by atoms with Gasteiger partial charge in [-0.15, -0.1) is 0 Å². The predicted molar refractivity (Wildman–Crippen MR) is 43.8 cm³/mol. The molecule has 2 amide bonds. The van der Waals surface area contributed by atoms with E-state index in [4.69, 9.17) is 0 Å². The number of urea groups is 1. The van der Waals surface area contributed by atoms with Crippen molar-refractivity contribution >= 4 is 16.9 Å². The normalized spacial score (nSPS) is 14.0. The Balaban J connectivity index is 2.60. The average Bonchev–Trinajstić information content (AvgIpc) is 2.63. The molecule has 3 rings (SSSR count). The van der Waals surface area contributed by atoms with Crippen molar-refractivity contribution in [2.24, 2.45) is 9.98 Å². The summed E-state index contributed by atoms with van der Waals surface area (Å²) in [7, 11) is 0. The molecule has 5 nitrogen and oxygen atoms in total. The van der Waals surface area contributed by atoms with Gasteiger partial charge in [-0.25, -0.2) is 4.79 Å². The van der Waals surface area contributed by atoms with Crippen LogP contribution in [0.1, 0.15) is 0 Å². The van der Waals surface area contributed by atoms with E-state index in [1.807, 2.05) is 0 Å². The minimum absolute atomic E-state index is 0.435. The number of rotatable bonds is 0. The van der Waals surface area contributed by atoms with E-state index >= 15 is 0 Å². The summed E-state index contributed by atoms with van der Waals surface area (Å²) < 4.78 is 0. The SMILES string of the molecule is O=C1N=c2cc3cn[nH]c3cc2=N1. The van der Waals surface area contributed by atoms with Crippen LogP contribution in [0.5, 0.6) is 0 Å². The molecular formula is C8H4N4O. The third kappa shape index (κ3) is 0.807. The molecule has 62 valence electrons. The first-order chi connectivity index (χ1) is 6.33. The van der Waals surface area contributed by atoms with Crippen molar-refractivity contribution in [3.05, 3.63) is 29.0 Å². The van der Waals surface area contributed by atoms with Crippen molar-refractivity contribution in [2.75, 3.05) is 0 Å². The quantitative estimate of drug-likeness (QED) is 0.604. The maximum Gasteiger partial charge on any atom is 0.368 e. The Labute approximate surface area is 71.8 Å². The number of carbonyl (C=O) groups excluding carboxylic acids is 1. The van der Waals surface area contributed by atoms with E-state index in [1.165, 1.54) is 0 Å². The smallest absolute Gasteiger partial charge is 0.278 e. The van der Waals surface area contributed by atoms with Gasteiger partial charge in [0.2, 0.25) is 0 Å². The van der Waals surface area contributed by atoms with E-state index in [1.54, 1.807) is 18.3 Å². The maximum atomic E-state index is 10.8. The van der Waals surface area contributed by atoms with Crippen LogP contribution in [0.3, 0.4) is 0 Å². The van der Waals surface area contributed by atoms with Crippen LogP contribution >= 0.6 is 0 Å². The summed E-state index contributed by atoms with van der Waals surface area (Å²) in [5.41, 5.74) is 0.868. The number of amides is 2. The van der Waals surface area contributed by atoms with Crippen LogP contribution in [-0.2, 0) is 0 Å². The van der Waals surface area contributed by atoms with Gasteiger partial charge < -0.3 is 0 Å². The number of H-pyrrole nitrogens is 1. The number of hydrogen-bond donors (Lipinski definition) is 1. The highest BCUT2D eigenvalue weighted by Crippen LogP contribution is 2.03. The van der Waals surface area contributed by atoms with Gasteiger partial charge in [0.1, 0.15) is 0 Å². The Bertz CT molecular complexity index is 573. The second-order valence-electron chi connectivity index (χ2n) is 2.80. The molecule has 2 heterocycles. The number of nitrogens with one attached hydrogen (secondary N) is 1. The van der Waals surface area contributed by atoms with E-state index in [9.17, 15) is 4.79 Å².